The van der Waals surface area contributed by atoms with E-state index in [0.717, 1.165) is 22.7 Å². The van der Waals surface area contributed by atoms with E-state index >= 15 is 0 Å². The first kappa shape index (κ1) is 14.5. The molecule has 3 nitrogen and oxygen atoms in total. The highest BCUT2D eigenvalue weighted by Gasteiger charge is 2.29. The number of nitrogens with zero attached hydrogens (tertiary/aromatic N) is 2. The van der Waals surface area contributed by atoms with Gasteiger partial charge in [-0.05, 0) is 29.3 Å². The molecule has 0 radical (unpaired) electrons. The third-order valence-corrected chi connectivity index (χ3v) is 6.64. The number of hydrogen-bond acceptors (Lipinski definition) is 5. The molecule has 1 aliphatic rings. The molecule has 100 valence electrons. The van der Waals surface area contributed by atoms with Crippen molar-refractivity contribution in [2.24, 2.45) is 0 Å². The fourth-order valence-electron chi connectivity index (χ4n) is 1.95. The molecule has 1 aliphatic heterocycles. The maximum absolute atomic E-state index is 4.68. The third-order valence-electron chi connectivity index (χ3n) is 2.81. The molecule has 0 spiro atoms. The molecule has 2 heterocycles. The molecule has 0 aromatic carbocycles. The van der Waals surface area contributed by atoms with Gasteiger partial charge in [0, 0.05) is 29.5 Å². The summed E-state index contributed by atoms with van der Waals surface area (Å²) in [5, 5.41) is 4.34. The van der Waals surface area contributed by atoms with Crippen LogP contribution in [0.1, 0.15) is 31.3 Å². The maximum atomic E-state index is 4.68. The van der Waals surface area contributed by atoms with Gasteiger partial charge in [0.1, 0.15) is 11.6 Å². The summed E-state index contributed by atoms with van der Waals surface area (Å²) in [5.41, 5.74) is 0. The maximum Gasteiger partial charge on any atom is 0.144 e. The zero-order valence-electron chi connectivity index (χ0n) is 10.6. The summed E-state index contributed by atoms with van der Waals surface area (Å²) in [4.78, 5) is 9.19. The molecule has 0 bridgehead atoms. The molecule has 0 saturated carbocycles. The second kappa shape index (κ2) is 7.01. The van der Waals surface area contributed by atoms with Crippen LogP contribution in [0.4, 0.5) is 5.82 Å². The fraction of sp³-hybridized carbons (Fsp3) is 0.667. The average molecular weight is 348 g/mol. The quantitative estimate of drug-likeness (QED) is 0.891. The zero-order chi connectivity index (χ0) is 13.0. The predicted octanol–water partition coefficient (Wildman–Crippen LogP) is 3.97. The van der Waals surface area contributed by atoms with Crippen molar-refractivity contribution in [1.29, 1.82) is 0 Å². The van der Waals surface area contributed by atoms with Crippen LogP contribution in [0.2, 0.25) is 0 Å². The van der Waals surface area contributed by atoms with Crippen molar-refractivity contribution in [3.05, 3.63) is 16.5 Å². The first-order chi connectivity index (χ1) is 8.76. The Kier molecular flexibility index (Phi) is 5.63. The molecule has 2 atom stereocenters. The van der Waals surface area contributed by atoms with E-state index < -0.39 is 0 Å². The lowest BCUT2D eigenvalue weighted by atomic mass is 10.2. The molecule has 2 unspecified atom stereocenters. The molecule has 2 rings (SSSR count). The van der Waals surface area contributed by atoms with Crippen LogP contribution in [0.3, 0.4) is 0 Å². The van der Waals surface area contributed by atoms with E-state index in [0.29, 0.717) is 10.5 Å². The van der Waals surface area contributed by atoms with Crippen LogP contribution in [-0.4, -0.2) is 33.3 Å². The predicted molar refractivity (Wildman–Crippen MR) is 85.6 cm³/mol. The van der Waals surface area contributed by atoms with Crippen molar-refractivity contribution < 1.29 is 0 Å². The number of hydrogen-bond donors (Lipinski definition) is 1. The Morgan fingerprint density at radius 3 is 2.89 bits per heavy atom. The van der Waals surface area contributed by atoms with Gasteiger partial charge in [0.15, 0.2) is 0 Å². The minimum Gasteiger partial charge on any atom is -0.369 e. The molecule has 0 aliphatic carbocycles. The second-order valence-electron chi connectivity index (χ2n) is 4.06. The number of nitrogens with one attached hydrogen (secondary N) is 1. The second-order valence-corrected chi connectivity index (χ2v) is 7.51. The minimum absolute atomic E-state index is 0.430. The molecule has 6 heteroatoms. The molecule has 1 aromatic heterocycles. The van der Waals surface area contributed by atoms with Crippen molar-refractivity contribution in [1.82, 2.24) is 9.97 Å². The molecule has 1 N–H and O–H groups in total. The van der Waals surface area contributed by atoms with E-state index in [1.54, 1.807) is 0 Å². The summed E-state index contributed by atoms with van der Waals surface area (Å²) >= 11 is 7.54. The monoisotopic (exact) mass is 347 g/mol. The van der Waals surface area contributed by atoms with Crippen LogP contribution < -0.4 is 5.32 Å². The molecular weight excluding hydrogens is 330 g/mol. The van der Waals surface area contributed by atoms with Crippen molar-refractivity contribution in [2.75, 3.05) is 23.4 Å². The molecule has 0 amide bonds. The number of aromatic nitrogens is 2. The van der Waals surface area contributed by atoms with Crippen molar-refractivity contribution in [3.63, 3.8) is 0 Å². The number of anilines is 1. The lowest BCUT2D eigenvalue weighted by Gasteiger charge is -2.28. The van der Waals surface area contributed by atoms with Crippen molar-refractivity contribution >= 4 is 45.3 Å². The summed E-state index contributed by atoms with van der Waals surface area (Å²) in [5.74, 6) is 4.32. The van der Waals surface area contributed by atoms with Gasteiger partial charge in [0.25, 0.3) is 0 Å². The lowest BCUT2D eigenvalue weighted by molar-refractivity contribution is 0.749. The van der Waals surface area contributed by atoms with Crippen LogP contribution in [-0.2, 0) is 0 Å². The molecule has 1 fully saturated rings. The summed E-state index contributed by atoms with van der Waals surface area (Å²) in [7, 11) is 0. The smallest absolute Gasteiger partial charge is 0.144 e. The van der Waals surface area contributed by atoms with Crippen molar-refractivity contribution in [3.8, 4) is 0 Å². The third kappa shape index (κ3) is 3.33. The Morgan fingerprint density at radius 1 is 1.39 bits per heavy atom. The van der Waals surface area contributed by atoms with Gasteiger partial charge in [0.2, 0.25) is 0 Å². The SMILES string of the molecule is CCNc1nc(C2SCCSC2CC)ncc1Br. The van der Waals surface area contributed by atoms with E-state index in [2.05, 4.69) is 56.8 Å². The van der Waals surface area contributed by atoms with E-state index in [9.17, 15) is 0 Å². The van der Waals surface area contributed by atoms with Gasteiger partial charge in [-0.3, -0.25) is 0 Å². The Morgan fingerprint density at radius 2 is 2.17 bits per heavy atom. The van der Waals surface area contributed by atoms with Gasteiger partial charge in [-0.15, -0.1) is 11.8 Å². The molecule has 1 saturated heterocycles. The Balaban J connectivity index is 2.23. The van der Waals surface area contributed by atoms with Crippen LogP contribution in [0.25, 0.3) is 0 Å². The van der Waals surface area contributed by atoms with E-state index in [1.165, 1.54) is 17.9 Å². The number of rotatable bonds is 4. The molecular formula is C12H18BrN3S2. The van der Waals surface area contributed by atoms with Crippen LogP contribution >= 0.6 is 39.5 Å². The Hall–Kier alpha value is 0.0600. The van der Waals surface area contributed by atoms with Crippen LogP contribution in [0, 0.1) is 0 Å². The van der Waals surface area contributed by atoms with E-state index in [1.807, 2.05) is 18.0 Å². The van der Waals surface area contributed by atoms with Gasteiger partial charge in [-0.1, -0.05) is 6.92 Å². The van der Waals surface area contributed by atoms with Gasteiger partial charge in [0.05, 0.1) is 9.72 Å². The molecule has 1 aromatic rings. The largest absolute Gasteiger partial charge is 0.369 e. The zero-order valence-corrected chi connectivity index (χ0v) is 13.9. The van der Waals surface area contributed by atoms with Gasteiger partial charge in [-0.2, -0.15) is 11.8 Å². The normalized spacial score (nSPS) is 23.9. The summed E-state index contributed by atoms with van der Waals surface area (Å²) < 4.78 is 0.939. The first-order valence-electron chi connectivity index (χ1n) is 6.25. The standard InChI is InChI=1S/C12H18BrN3S2/c1-3-9-10(18-6-5-17-9)12-15-7-8(13)11(16-12)14-4-2/h7,9-10H,3-6H2,1-2H3,(H,14,15,16). The van der Waals surface area contributed by atoms with E-state index in [-0.39, 0.29) is 0 Å². The van der Waals surface area contributed by atoms with Crippen LogP contribution in [0.15, 0.2) is 10.7 Å². The first-order valence-corrected chi connectivity index (χ1v) is 9.14. The lowest BCUT2D eigenvalue weighted by Crippen LogP contribution is -2.20. The highest BCUT2D eigenvalue weighted by atomic mass is 79.9. The number of thioether (sulfide) groups is 2. The average Bonchev–Trinajstić information content (AvgIpc) is 2.41. The minimum atomic E-state index is 0.430. The highest BCUT2D eigenvalue weighted by Crippen LogP contribution is 2.43. The Bertz CT molecular complexity index is 403. The van der Waals surface area contributed by atoms with Gasteiger partial charge in [-0.25, -0.2) is 9.97 Å². The number of halogens is 1. The summed E-state index contributed by atoms with van der Waals surface area (Å²) in [6.07, 6.45) is 3.05. The fourth-order valence-corrected chi connectivity index (χ4v) is 5.28. The van der Waals surface area contributed by atoms with Gasteiger partial charge >= 0.3 is 0 Å². The molecule has 18 heavy (non-hydrogen) atoms. The van der Waals surface area contributed by atoms with Crippen LogP contribution in [0.5, 0.6) is 0 Å². The van der Waals surface area contributed by atoms with Gasteiger partial charge < -0.3 is 5.32 Å². The van der Waals surface area contributed by atoms with E-state index in [4.69, 9.17) is 0 Å². The van der Waals surface area contributed by atoms with Crippen molar-refractivity contribution in [2.45, 2.75) is 30.8 Å². The summed E-state index contributed by atoms with van der Waals surface area (Å²) in [6.45, 7) is 5.20. The highest BCUT2D eigenvalue weighted by molar-refractivity contribution is 9.10. The summed E-state index contributed by atoms with van der Waals surface area (Å²) in [6, 6.07) is 0. The Labute approximate surface area is 125 Å². The topological polar surface area (TPSA) is 37.8 Å².